The van der Waals surface area contributed by atoms with E-state index < -0.39 is 12.1 Å². The van der Waals surface area contributed by atoms with Gasteiger partial charge >= 0.3 is 5.97 Å². The molecule has 0 bridgehead atoms. The van der Waals surface area contributed by atoms with Crippen molar-refractivity contribution >= 4 is 5.97 Å². The van der Waals surface area contributed by atoms with Gasteiger partial charge in [0.2, 0.25) is 0 Å². The standard InChI is InChI=1S/C32H45FO2/c1-3-5-7-8-9-10-11-25-13-15-26(16-14-25)27-17-19-28(20-18-27)29-21-23-30(24-22-29)35-32(34)31(33)12-6-4-2/h13-20,29-31H,3-12,21-24H2,1-2H3/t29-,30-,31-/m0/s1. The van der Waals surface area contributed by atoms with Crippen molar-refractivity contribution in [2.45, 2.75) is 122 Å². The molecule has 2 aromatic carbocycles. The number of alkyl halides is 1. The Morgan fingerprint density at radius 2 is 1.37 bits per heavy atom. The van der Waals surface area contributed by atoms with E-state index in [1.54, 1.807) is 0 Å². The number of halogens is 1. The molecule has 0 spiro atoms. The zero-order valence-electron chi connectivity index (χ0n) is 21.9. The van der Waals surface area contributed by atoms with Crippen LogP contribution in [0.25, 0.3) is 11.1 Å². The fraction of sp³-hybridized carbons (Fsp3) is 0.594. The van der Waals surface area contributed by atoms with Crippen LogP contribution >= 0.6 is 0 Å². The maximum atomic E-state index is 13.9. The number of aryl methyl sites for hydroxylation is 1. The van der Waals surface area contributed by atoms with E-state index >= 15 is 0 Å². The Morgan fingerprint density at radius 3 is 2.00 bits per heavy atom. The van der Waals surface area contributed by atoms with Crippen molar-refractivity contribution in [2.24, 2.45) is 0 Å². The van der Waals surface area contributed by atoms with Gasteiger partial charge in [0.25, 0.3) is 0 Å². The minimum absolute atomic E-state index is 0.132. The number of unbranched alkanes of at least 4 members (excludes halogenated alkanes) is 6. The first kappa shape index (κ1) is 27.4. The van der Waals surface area contributed by atoms with Crippen molar-refractivity contribution in [3.63, 3.8) is 0 Å². The first-order chi connectivity index (χ1) is 17.1. The van der Waals surface area contributed by atoms with Gasteiger partial charge in [0.05, 0.1) is 0 Å². The summed E-state index contributed by atoms with van der Waals surface area (Å²) in [4.78, 5) is 12.0. The second-order valence-electron chi connectivity index (χ2n) is 10.4. The molecule has 2 nitrogen and oxygen atoms in total. The summed E-state index contributed by atoms with van der Waals surface area (Å²) in [5.41, 5.74) is 5.30. The molecule has 0 heterocycles. The number of esters is 1. The molecule has 3 heteroatoms. The molecule has 0 unspecified atom stereocenters. The van der Waals surface area contributed by atoms with E-state index in [1.165, 1.54) is 67.2 Å². The minimum atomic E-state index is -1.47. The average molecular weight is 481 g/mol. The highest BCUT2D eigenvalue weighted by molar-refractivity contribution is 5.74. The number of carbonyl (C=O) groups is 1. The molecule has 1 fully saturated rings. The van der Waals surface area contributed by atoms with E-state index in [9.17, 15) is 9.18 Å². The molecule has 1 aliphatic rings. The van der Waals surface area contributed by atoms with Crippen LogP contribution in [0.3, 0.4) is 0 Å². The Morgan fingerprint density at radius 1 is 0.800 bits per heavy atom. The van der Waals surface area contributed by atoms with Gasteiger partial charge in [-0.25, -0.2) is 9.18 Å². The van der Waals surface area contributed by atoms with Crippen LogP contribution in [0.5, 0.6) is 0 Å². The van der Waals surface area contributed by atoms with E-state index in [0.29, 0.717) is 5.92 Å². The smallest absolute Gasteiger partial charge is 0.340 e. The van der Waals surface area contributed by atoms with E-state index in [-0.39, 0.29) is 12.5 Å². The molecule has 192 valence electrons. The largest absolute Gasteiger partial charge is 0.460 e. The molecular formula is C32H45FO2. The predicted octanol–water partition coefficient (Wildman–Crippen LogP) is 9.35. The average Bonchev–Trinajstić information content (AvgIpc) is 2.90. The summed E-state index contributed by atoms with van der Waals surface area (Å²) in [5.74, 6) is -0.177. The molecule has 3 rings (SSSR count). The monoisotopic (exact) mass is 480 g/mol. The molecule has 0 aliphatic heterocycles. The molecule has 1 saturated carbocycles. The van der Waals surface area contributed by atoms with Crippen LogP contribution in [0.15, 0.2) is 48.5 Å². The molecule has 0 aromatic heterocycles. The van der Waals surface area contributed by atoms with Crippen LogP contribution in [-0.4, -0.2) is 18.2 Å². The van der Waals surface area contributed by atoms with Gasteiger partial charge in [0.1, 0.15) is 6.10 Å². The number of ether oxygens (including phenoxy) is 1. The second kappa shape index (κ2) is 15.1. The van der Waals surface area contributed by atoms with Gasteiger partial charge in [-0.05, 0) is 73.1 Å². The van der Waals surface area contributed by atoms with Crippen LogP contribution in [0.2, 0.25) is 0 Å². The second-order valence-corrected chi connectivity index (χ2v) is 10.4. The van der Waals surface area contributed by atoms with Gasteiger partial charge in [-0.1, -0.05) is 107 Å². The first-order valence-corrected chi connectivity index (χ1v) is 14.1. The lowest BCUT2D eigenvalue weighted by Crippen LogP contribution is -2.28. The fourth-order valence-electron chi connectivity index (χ4n) is 5.17. The molecule has 0 radical (unpaired) electrons. The van der Waals surface area contributed by atoms with E-state index in [4.69, 9.17) is 4.74 Å². The Labute approximate surface area is 212 Å². The Balaban J connectivity index is 1.42. The molecule has 1 aliphatic carbocycles. The van der Waals surface area contributed by atoms with Crippen molar-refractivity contribution in [3.05, 3.63) is 59.7 Å². The Bertz CT molecular complexity index is 850. The third kappa shape index (κ3) is 9.09. The van der Waals surface area contributed by atoms with Gasteiger partial charge in [-0.2, -0.15) is 0 Å². The summed E-state index contributed by atoms with van der Waals surface area (Å²) in [6, 6.07) is 18.0. The lowest BCUT2D eigenvalue weighted by atomic mass is 9.82. The van der Waals surface area contributed by atoms with Crippen molar-refractivity contribution in [3.8, 4) is 11.1 Å². The number of carbonyl (C=O) groups excluding carboxylic acids is 1. The SMILES string of the molecule is CCCCCCCCc1ccc(-c2ccc([C@H]3CC[C@H](OC(=O)[C@@H](F)CCCC)CC3)cc2)cc1. The van der Waals surface area contributed by atoms with Crippen LogP contribution in [0.1, 0.15) is 114 Å². The highest BCUT2D eigenvalue weighted by Gasteiger charge is 2.27. The molecule has 0 N–H and O–H groups in total. The Hall–Kier alpha value is -2.16. The summed E-state index contributed by atoms with van der Waals surface area (Å²) < 4.78 is 19.4. The summed E-state index contributed by atoms with van der Waals surface area (Å²) in [7, 11) is 0. The van der Waals surface area contributed by atoms with Crippen molar-refractivity contribution < 1.29 is 13.9 Å². The third-order valence-electron chi connectivity index (χ3n) is 7.51. The highest BCUT2D eigenvalue weighted by atomic mass is 19.1. The number of hydrogen-bond acceptors (Lipinski definition) is 2. The summed E-state index contributed by atoms with van der Waals surface area (Å²) in [5, 5.41) is 0. The van der Waals surface area contributed by atoms with E-state index in [0.717, 1.165) is 38.5 Å². The zero-order valence-corrected chi connectivity index (χ0v) is 21.9. The zero-order chi connectivity index (χ0) is 24.9. The van der Waals surface area contributed by atoms with Crippen molar-refractivity contribution in [1.82, 2.24) is 0 Å². The van der Waals surface area contributed by atoms with Gasteiger partial charge in [0, 0.05) is 0 Å². The molecule has 35 heavy (non-hydrogen) atoms. The lowest BCUT2D eigenvalue weighted by Gasteiger charge is -2.29. The van der Waals surface area contributed by atoms with Crippen LogP contribution in [0, 0.1) is 0 Å². The number of rotatable bonds is 14. The Kier molecular flexibility index (Phi) is 11.8. The maximum absolute atomic E-state index is 13.9. The molecule has 1 atom stereocenters. The molecule has 0 saturated heterocycles. The summed E-state index contributed by atoms with van der Waals surface area (Å²) in [6.45, 7) is 4.26. The maximum Gasteiger partial charge on any atom is 0.340 e. The molecular weight excluding hydrogens is 435 g/mol. The predicted molar refractivity (Wildman–Crippen MR) is 144 cm³/mol. The van der Waals surface area contributed by atoms with Gasteiger partial charge in [-0.3, -0.25) is 0 Å². The van der Waals surface area contributed by atoms with Crippen molar-refractivity contribution in [2.75, 3.05) is 0 Å². The first-order valence-electron chi connectivity index (χ1n) is 14.1. The van der Waals surface area contributed by atoms with Crippen LogP contribution in [0.4, 0.5) is 4.39 Å². The van der Waals surface area contributed by atoms with Gasteiger partial charge in [0.15, 0.2) is 6.17 Å². The normalized spacial score (nSPS) is 18.8. The lowest BCUT2D eigenvalue weighted by molar-refractivity contribution is -0.157. The van der Waals surface area contributed by atoms with Crippen LogP contribution in [-0.2, 0) is 16.0 Å². The summed E-state index contributed by atoms with van der Waals surface area (Å²) in [6.07, 6.45) is 13.1. The molecule has 0 amide bonds. The minimum Gasteiger partial charge on any atom is -0.460 e. The highest BCUT2D eigenvalue weighted by Crippen LogP contribution is 2.35. The fourth-order valence-corrected chi connectivity index (χ4v) is 5.17. The van der Waals surface area contributed by atoms with Gasteiger partial charge < -0.3 is 4.74 Å². The van der Waals surface area contributed by atoms with Gasteiger partial charge in [-0.15, -0.1) is 0 Å². The van der Waals surface area contributed by atoms with Crippen molar-refractivity contribution in [1.29, 1.82) is 0 Å². The van der Waals surface area contributed by atoms with E-state index in [1.807, 2.05) is 6.92 Å². The topological polar surface area (TPSA) is 26.3 Å². The van der Waals surface area contributed by atoms with Crippen LogP contribution < -0.4 is 0 Å². The number of benzene rings is 2. The summed E-state index contributed by atoms with van der Waals surface area (Å²) >= 11 is 0. The van der Waals surface area contributed by atoms with E-state index in [2.05, 4.69) is 55.5 Å². The third-order valence-corrected chi connectivity index (χ3v) is 7.51. The quantitative estimate of drug-likeness (QED) is 0.199. The number of hydrogen-bond donors (Lipinski definition) is 0. The molecule has 2 aromatic rings.